The van der Waals surface area contributed by atoms with Gasteiger partial charge in [0, 0.05) is 24.3 Å². The van der Waals surface area contributed by atoms with Crippen LogP contribution in [0.4, 0.5) is 13.2 Å². The molecule has 6 nitrogen and oxygen atoms in total. The van der Waals surface area contributed by atoms with Gasteiger partial charge in [-0.3, -0.25) is 9.78 Å². The summed E-state index contributed by atoms with van der Waals surface area (Å²) in [5.74, 6) is -0.243. The second-order valence-electron chi connectivity index (χ2n) is 7.05. The molecule has 0 unspecified atom stereocenters. The van der Waals surface area contributed by atoms with Crippen LogP contribution in [0, 0.1) is 0 Å². The average molecular weight is 452 g/mol. The molecule has 0 aliphatic rings. The minimum Gasteiger partial charge on any atom is -0.339 e. The predicted octanol–water partition coefficient (Wildman–Crippen LogP) is 4.82. The van der Waals surface area contributed by atoms with E-state index in [0.29, 0.717) is 41.1 Å². The van der Waals surface area contributed by atoms with Crippen LogP contribution in [0.25, 0.3) is 5.69 Å². The van der Waals surface area contributed by atoms with Gasteiger partial charge >= 0.3 is 6.18 Å². The van der Waals surface area contributed by atoms with Crippen molar-refractivity contribution < 1.29 is 18.0 Å². The topological polar surface area (TPSA) is 63.9 Å². The van der Waals surface area contributed by atoms with Gasteiger partial charge in [-0.25, -0.2) is 0 Å². The Labute approximate surface area is 182 Å². The minimum atomic E-state index is -4.46. The fraction of sp³-hybridized carbons (Fsp3) is 0.333. The molecule has 10 heteroatoms. The fourth-order valence-electron chi connectivity index (χ4n) is 3.29. The molecule has 0 saturated heterocycles. The molecule has 0 aliphatic carbocycles. The lowest BCUT2D eigenvalue weighted by Crippen LogP contribution is -2.37. The van der Waals surface area contributed by atoms with Crippen LogP contribution in [0.5, 0.6) is 0 Å². The third-order valence-electron chi connectivity index (χ3n) is 5.04. The molecule has 0 aliphatic heterocycles. The van der Waals surface area contributed by atoms with Crippen LogP contribution in [-0.2, 0) is 12.6 Å². The number of benzene rings is 1. The SMILES string of the molecule is CC[C@@H](CCc1ccc(C(F)(F)F)nc1)N(C)C(=O)c1cc(Cl)ccc1-n1nccn1. The summed E-state index contributed by atoms with van der Waals surface area (Å²) >= 11 is 6.12. The highest BCUT2D eigenvalue weighted by molar-refractivity contribution is 6.31. The smallest absolute Gasteiger partial charge is 0.339 e. The van der Waals surface area contributed by atoms with Crippen LogP contribution in [0.2, 0.25) is 5.02 Å². The number of carbonyl (C=O) groups excluding carboxylic acids is 1. The molecule has 1 atom stereocenters. The maximum absolute atomic E-state index is 13.2. The number of aryl methyl sites for hydroxylation is 1. The number of halogens is 4. The Morgan fingerprint density at radius 3 is 2.48 bits per heavy atom. The van der Waals surface area contributed by atoms with E-state index in [4.69, 9.17) is 11.6 Å². The maximum atomic E-state index is 13.2. The molecule has 1 amide bonds. The van der Waals surface area contributed by atoms with Gasteiger partial charge in [-0.05, 0) is 49.1 Å². The van der Waals surface area contributed by atoms with Crippen molar-refractivity contribution in [1.29, 1.82) is 0 Å². The first-order chi connectivity index (χ1) is 14.7. The van der Waals surface area contributed by atoms with Crippen LogP contribution in [0.1, 0.15) is 41.4 Å². The van der Waals surface area contributed by atoms with Gasteiger partial charge in [0.2, 0.25) is 0 Å². The lowest BCUT2D eigenvalue weighted by molar-refractivity contribution is -0.141. The van der Waals surface area contributed by atoms with E-state index in [1.165, 1.54) is 29.5 Å². The first-order valence-electron chi connectivity index (χ1n) is 9.66. The number of pyridine rings is 1. The third kappa shape index (κ3) is 5.41. The number of alkyl halides is 3. The highest BCUT2D eigenvalue weighted by atomic mass is 35.5. The maximum Gasteiger partial charge on any atom is 0.433 e. The van der Waals surface area contributed by atoms with Gasteiger partial charge < -0.3 is 4.90 Å². The van der Waals surface area contributed by atoms with Crippen molar-refractivity contribution >= 4 is 17.5 Å². The predicted molar refractivity (Wildman–Crippen MR) is 110 cm³/mol. The second kappa shape index (κ2) is 9.47. The molecule has 2 aromatic heterocycles. The van der Waals surface area contributed by atoms with Crippen LogP contribution in [0.15, 0.2) is 48.9 Å². The molecular weight excluding hydrogens is 431 g/mol. The zero-order chi connectivity index (χ0) is 22.6. The Morgan fingerprint density at radius 1 is 1.19 bits per heavy atom. The zero-order valence-corrected chi connectivity index (χ0v) is 17.7. The number of hydrogen-bond acceptors (Lipinski definition) is 4. The molecule has 0 radical (unpaired) electrons. The second-order valence-corrected chi connectivity index (χ2v) is 7.48. The first-order valence-corrected chi connectivity index (χ1v) is 10.0. The van der Waals surface area contributed by atoms with Crippen LogP contribution >= 0.6 is 11.6 Å². The van der Waals surface area contributed by atoms with Gasteiger partial charge in [-0.15, -0.1) is 0 Å². The largest absolute Gasteiger partial charge is 0.433 e. The number of carbonyl (C=O) groups is 1. The van der Waals surface area contributed by atoms with Crippen molar-refractivity contribution in [2.45, 2.75) is 38.4 Å². The molecule has 3 rings (SSSR count). The molecule has 0 bridgehead atoms. The van der Waals surface area contributed by atoms with Gasteiger partial charge in [0.15, 0.2) is 0 Å². The Hall–Kier alpha value is -2.94. The molecule has 164 valence electrons. The summed E-state index contributed by atoms with van der Waals surface area (Å²) in [6.45, 7) is 1.95. The third-order valence-corrected chi connectivity index (χ3v) is 5.28. The molecule has 0 N–H and O–H groups in total. The van der Waals surface area contributed by atoms with Gasteiger partial charge in [-0.2, -0.15) is 28.2 Å². The van der Waals surface area contributed by atoms with Crippen molar-refractivity contribution in [3.05, 3.63) is 70.8 Å². The number of hydrogen-bond donors (Lipinski definition) is 0. The molecule has 2 heterocycles. The number of amides is 1. The molecule has 0 spiro atoms. The van der Waals surface area contributed by atoms with E-state index >= 15 is 0 Å². The highest BCUT2D eigenvalue weighted by Gasteiger charge is 2.32. The molecule has 31 heavy (non-hydrogen) atoms. The monoisotopic (exact) mass is 451 g/mol. The normalized spacial score (nSPS) is 12.6. The fourth-order valence-corrected chi connectivity index (χ4v) is 3.47. The summed E-state index contributed by atoms with van der Waals surface area (Å²) in [7, 11) is 1.70. The van der Waals surface area contributed by atoms with Crippen molar-refractivity contribution in [3.8, 4) is 5.69 Å². The molecule has 0 saturated carbocycles. The lowest BCUT2D eigenvalue weighted by Gasteiger charge is -2.28. The highest BCUT2D eigenvalue weighted by Crippen LogP contribution is 2.27. The lowest BCUT2D eigenvalue weighted by atomic mass is 10.0. The van der Waals surface area contributed by atoms with E-state index in [1.54, 1.807) is 30.1 Å². The summed E-state index contributed by atoms with van der Waals surface area (Å²) < 4.78 is 38.0. The Kier molecular flexibility index (Phi) is 6.94. The first kappa shape index (κ1) is 22.7. The van der Waals surface area contributed by atoms with Crippen LogP contribution in [0.3, 0.4) is 0 Å². The van der Waals surface area contributed by atoms with Gasteiger partial charge in [0.05, 0.1) is 23.6 Å². The molecule has 3 aromatic rings. The molecule has 1 aromatic carbocycles. The van der Waals surface area contributed by atoms with E-state index in [0.717, 1.165) is 6.07 Å². The van der Waals surface area contributed by atoms with Gasteiger partial charge in [0.25, 0.3) is 5.91 Å². The van der Waals surface area contributed by atoms with Crippen LogP contribution in [-0.4, -0.2) is 43.9 Å². The van der Waals surface area contributed by atoms with Gasteiger partial charge in [-0.1, -0.05) is 24.6 Å². The van der Waals surface area contributed by atoms with E-state index in [9.17, 15) is 18.0 Å². The van der Waals surface area contributed by atoms with E-state index in [1.807, 2.05) is 6.92 Å². The summed E-state index contributed by atoms with van der Waals surface area (Å²) in [5.41, 5.74) is 0.627. The average Bonchev–Trinajstić information content (AvgIpc) is 3.27. The van der Waals surface area contributed by atoms with E-state index in [2.05, 4.69) is 15.2 Å². The van der Waals surface area contributed by atoms with Crippen molar-refractivity contribution in [1.82, 2.24) is 24.9 Å². The summed E-state index contributed by atoms with van der Waals surface area (Å²) in [4.78, 5) is 19.7. The quantitative estimate of drug-likeness (QED) is 0.516. The Balaban J connectivity index is 1.74. The number of aromatic nitrogens is 4. The summed E-state index contributed by atoms with van der Waals surface area (Å²) in [6, 6.07) is 7.17. The Morgan fingerprint density at radius 2 is 1.90 bits per heavy atom. The molecule has 0 fully saturated rings. The van der Waals surface area contributed by atoms with Crippen molar-refractivity contribution in [2.24, 2.45) is 0 Å². The van der Waals surface area contributed by atoms with E-state index < -0.39 is 11.9 Å². The van der Waals surface area contributed by atoms with Gasteiger partial charge in [0.1, 0.15) is 5.69 Å². The number of rotatable bonds is 7. The number of nitrogens with zero attached hydrogens (tertiary/aromatic N) is 5. The summed E-state index contributed by atoms with van der Waals surface area (Å²) in [6.07, 6.45) is 1.53. The minimum absolute atomic E-state index is 0.132. The van der Waals surface area contributed by atoms with E-state index in [-0.39, 0.29) is 11.9 Å². The van der Waals surface area contributed by atoms with Crippen molar-refractivity contribution in [3.63, 3.8) is 0 Å². The summed E-state index contributed by atoms with van der Waals surface area (Å²) in [5, 5.41) is 8.59. The zero-order valence-electron chi connectivity index (χ0n) is 17.0. The Bertz CT molecular complexity index is 1020. The molecular formula is C21H21ClF3N5O. The van der Waals surface area contributed by atoms with Crippen LogP contribution < -0.4 is 0 Å². The van der Waals surface area contributed by atoms with Crippen molar-refractivity contribution in [2.75, 3.05) is 7.05 Å². The standard InChI is InChI=1S/C21H21ClF3N5O/c1-3-16(7-4-14-5-9-19(26-13-14)21(23,24)25)29(2)20(31)17-12-15(22)6-8-18(17)30-27-10-11-28-30/h5-6,8-13,16H,3-4,7H2,1-2H3/t16-/m0/s1.